The van der Waals surface area contributed by atoms with E-state index in [1.54, 1.807) is 11.8 Å². The van der Waals surface area contributed by atoms with Crippen LogP contribution in [0.5, 0.6) is 23.0 Å². The molecule has 0 radical (unpaired) electrons. The molecule has 0 N–H and O–H groups in total. The summed E-state index contributed by atoms with van der Waals surface area (Å²) in [5, 5.41) is 1.58. The first kappa shape index (κ1) is 29.9. The second kappa shape index (κ2) is 14.5. The summed E-state index contributed by atoms with van der Waals surface area (Å²) in [6.45, 7) is 15.0. The molecule has 3 aromatic carbocycles. The van der Waals surface area contributed by atoms with Crippen LogP contribution in [0.2, 0.25) is 0 Å². The molecule has 38 heavy (non-hydrogen) atoms. The number of fused-ring (bicyclic) bond motifs is 1. The summed E-state index contributed by atoms with van der Waals surface area (Å²) in [5.74, 6) is 3.60. The van der Waals surface area contributed by atoms with Gasteiger partial charge in [0.25, 0.3) is 0 Å². The van der Waals surface area contributed by atoms with Crippen LogP contribution in [-0.2, 0) is 4.74 Å². The Morgan fingerprint density at radius 1 is 0.816 bits per heavy atom. The zero-order valence-corrected chi connectivity index (χ0v) is 24.5. The van der Waals surface area contributed by atoms with Crippen molar-refractivity contribution in [3.8, 4) is 23.0 Å². The SMILES string of the molecule is CCCOc1ccc(Oc2ccc(C(=O)C(SCCOCC)C(C)(C)C)c3ccccc23)c(OCCC)c1. The number of Topliss-reactive ketones (excluding diaryl/α,β-unsaturated/α-hetero) is 1. The summed E-state index contributed by atoms with van der Waals surface area (Å²) in [7, 11) is 0. The fraction of sp³-hybridized carbons (Fsp3) is 0.469. The van der Waals surface area contributed by atoms with E-state index in [0.717, 1.165) is 35.1 Å². The zero-order chi connectivity index (χ0) is 27.5. The molecule has 206 valence electrons. The number of benzene rings is 3. The molecule has 6 heteroatoms. The molecule has 0 aliphatic heterocycles. The van der Waals surface area contributed by atoms with Crippen LogP contribution in [0, 0.1) is 5.41 Å². The maximum Gasteiger partial charge on any atom is 0.176 e. The highest BCUT2D eigenvalue weighted by atomic mass is 32.2. The van der Waals surface area contributed by atoms with Crippen molar-refractivity contribution in [1.82, 2.24) is 0 Å². The number of thioether (sulfide) groups is 1. The van der Waals surface area contributed by atoms with Crippen molar-refractivity contribution in [2.45, 2.75) is 59.6 Å². The lowest BCUT2D eigenvalue weighted by molar-refractivity contribution is 0.0952. The van der Waals surface area contributed by atoms with Gasteiger partial charge in [-0.1, -0.05) is 58.9 Å². The number of ether oxygens (including phenoxy) is 4. The normalized spacial score (nSPS) is 12.4. The molecule has 0 heterocycles. The van der Waals surface area contributed by atoms with Crippen molar-refractivity contribution in [1.29, 1.82) is 0 Å². The maximum absolute atomic E-state index is 13.9. The molecule has 0 spiro atoms. The quantitative estimate of drug-likeness (QED) is 0.143. The Kier molecular flexibility index (Phi) is 11.4. The third kappa shape index (κ3) is 7.90. The first-order chi connectivity index (χ1) is 18.3. The van der Waals surface area contributed by atoms with Gasteiger partial charge in [0, 0.05) is 29.4 Å². The Hall–Kier alpha value is -2.70. The Morgan fingerprint density at radius 3 is 2.18 bits per heavy atom. The van der Waals surface area contributed by atoms with Crippen LogP contribution in [-0.4, -0.2) is 43.2 Å². The second-order valence-electron chi connectivity index (χ2n) is 10.2. The third-order valence-electron chi connectivity index (χ3n) is 5.96. The first-order valence-corrected chi connectivity index (χ1v) is 14.7. The Bertz CT molecular complexity index is 1180. The smallest absolute Gasteiger partial charge is 0.176 e. The van der Waals surface area contributed by atoms with Crippen LogP contribution in [0.1, 0.15) is 64.7 Å². The minimum absolute atomic E-state index is 0.131. The number of ketones is 1. The van der Waals surface area contributed by atoms with Gasteiger partial charge in [0.1, 0.15) is 11.5 Å². The summed E-state index contributed by atoms with van der Waals surface area (Å²) in [6.07, 6.45) is 1.82. The largest absolute Gasteiger partial charge is 0.493 e. The molecule has 0 aliphatic rings. The predicted octanol–water partition coefficient (Wildman–Crippen LogP) is 8.58. The van der Waals surface area contributed by atoms with Gasteiger partial charge in [-0.05, 0) is 54.8 Å². The standard InChI is InChI=1S/C32H42O5S/c1-7-18-35-23-14-16-28(29(22-23)36-19-8-2)37-27-17-15-26(24-12-10-11-13-25(24)27)30(33)31(32(4,5)6)38-21-20-34-9-3/h10-17,22,31H,7-9,18-21H2,1-6H3. The van der Waals surface area contributed by atoms with E-state index < -0.39 is 0 Å². The van der Waals surface area contributed by atoms with Gasteiger partial charge in [-0.25, -0.2) is 0 Å². The zero-order valence-electron chi connectivity index (χ0n) is 23.7. The van der Waals surface area contributed by atoms with Gasteiger partial charge < -0.3 is 18.9 Å². The van der Waals surface area contributed by atoms with E-state index >= 15 is 0 Å². The number of hydrogen-bond acceptors (Lipinski definition) is 6. The second-order valence-corrected chi connectivity index (χ2v) is 11.5. The van der Waals surface area contributed by atoms with Crippen LogP contribution >= 0.6 is 11.8 Å². The summed E-state index contributed by atoms with van der Waals surface area (Å²) in [5.41, 5.74) is 0.514. The van der Waals surface area contributed by atoms with E-state index in [2.05, 4.69) is 34.6 Å². The lowest BCUT2D eigenvalue weighted by atomic mass is 9.86. The molecule has 0 bridgehead atoms. The average Bonchev–Trinajstić information content (AvgIpc) is 2.90. The fourth-order valence-corrected chi connectivity index (χ4v) is 5.36. The molecule has 0 saturated carbocycles. The Labute approximate surface area is 232 Å². The van der Waals surface area contributed by atoms with Gasteiger partial charge in [0.2, 0.25) is 0 Å². The topological polar surface area (TPSA) is 54.0 Å². The molecule has 1 atom stereocenters. The fourth-order valence-electron chi connectivity index (χ4n) is 4.13. The van der Waals surface area contributed by atoms with Gasteiger partial charge in [0.15, 0.2) is 17.3 Å². The van der Waals surface area contributed by atoms with Crippen LogP contribution in [0.3, 0.4) is 0 Å². The molecule has 0 saturated heterocycles. The molecule has 0 aliphatic carbocycles. The lowest BCUT2D eigenvalue weighted by Crippen LogP contribution is -2.32. The van der Waals surface area contributed by atoms with Crippen molar-refractivity contribution in [2.75, 3.05) is 32.2 Å². The van der Waals surface area contributed by atoms with Gasteiger partial charge >= 0.3 is 0 Å². The summed E-state index contributed by atoms with van der Waals surface area (Å²) in [6, 6.07) is 17.4. The number of carbonyl (C=O) groups is 1. The molecular formula is C32H42O5S. The average molecular weight is 539 g/mol. The highest BCUT2D eigenvalue weighted by molar-refractivity contribution is 8.00. The first-order valence-electron chi connectivity index (χ1n) is 13.6. The Morgan fingerprint density at radius 2 is 1.50 bits per heavy atom. The van der Waals surface area contributed by atoms with Crippen molar-refractivity contribution < 1.29 is 23.7 Å². The van der Waals surface area contributed by atoms with Crippen LogP contribution in [0.15, 0.2) is 54.6 Å². The van der Waals surface area contributed by atoms with Crippen molar-refractivity contribution >= 4 is 28.3 Å². The highest BCUT2D eigenvalue weighted by Crippen LogP contribution is 2.40. The van der Waals surface area contributed by atoms with Gasteiger partial charge in [0.05, 0.1) is 25.1 Å². The van der Waals surface area contributed by atoms with Crippen LogP contribution in [0.4, 0.5) is 0 Å². The van der Waals surface area contributed by atoms with Crippen molar-refractivity contribution in [2.24, 2.45) is 5.41 Å². The van der Waals surface area contributed by atoms with Crippen molar-refractivity contribution in [3.05, 3.63) is 60.2 Å². The summed E-state index contributed by atoms with van der Waals surface area (Å²) in [4.78, 5) is 13.9. The van der Waals surface area contributed by atoms with E-state index in [9.17, 15) is 4.79 Å². The highest BCUT2D eigenvalue weighted by Gasteiger charge is 2.33. The number of hydrogen-bond donors (Lipinski definition) is 0. The predicted molar refractivity (Wildman–Crippen MR) is 159 cm³/mol. The molecule has 1 unspecified atom stereocenters. The minimum atomic E-state index is -0.197. The molecule has 0 aromatic heterocycles. The Balaban J connectivity index is 1.95. The van der Waals surface area contributed by atoms with Crippen LogP contribution < -0.4 is 14.2 Å². The molecular weight excluding hydrogens is 496 g/mol. The van der Waals surface area contributed by atoms with Gasteiger partial charge in [-0.3, -0.25) is 4.79 Å². The molecule has 3 rings (SSSR count). The van der Waals surface area contributed by atoms with Crippen LogP contribution in [0.25, 0.3) is 10.8 Å². The lowest BCUT2D eigenvalue weighted by Gasteiger charge is -2.29. The van der Waals surface area contributed by atoms with E-state index in [-0.39, 0.29) is 16.4 Å². The summed E-state index contributed by atoms with van der Waals surface area (Å²) >= 11 is 1.67. The van der Waals surface area contributed by atoms with Crippen molar-refractivity contribution in [3.63, 3.8) is 0 Å². The van der Waals surface area contributed by atoms with Gasteiger partial charge in [-0.2, -0.15) is 0 Å². The molecule has 0 fully saturated rings. The number of carbonyl (C=O) groups excluding carboxylic acids is 1. The van der Waals surface area contributed by atoms with E-state index in [1.807, 2.05) is 61.5 Å². The maximum atomic E-state index is 13.9. The minimum Gasteiger partial charge on any atom is -0.493 e. The number of rotatable bonds is 15. The monoisotopic (exact) mass is 538 g/mol. The third-order valence-corrected chi connectivity index (χ3v) is 7.62. The molecule has 3 aromatic rings. The van der Waals surface area contributed by atoms with Gasteiger partial charge in [-0.15, -0.1) is 11.8 Å². The molecule has 5 nitrogen and oxygen atoms in total. The van der Waals surface area contributed by atoms with E-state index in [1.165, 1.54) is 0 Å². The summed E-state index contributed by atoms with van der Waals surface area (Å²) < 4.78 is 23.7. The van der Waals surface area contributed by atoms with E-state index in [4.69, 9.17) is 18.9 Å². The molecule has 0 amide bonds. The van der Waals surface area contributed by atoms with E-state index in [0.29, 0.717) is 49.2 Å².